The monoisotopic (exact) mass is 538 g/mol. The van der Waals surface area contributed by atoms with Crippen LogP contribution in [0.25, 0.3) is 0 Å². The Hall–Kier alpha value is -2.46. The first-order valence-electron chi connectivity index (χ1n) is 13.0. The molecule has 0 bridgehead atoms. The van der Waals surface area contributed by atoms with Gasteiger partial charge in [0.15, 0.2) is 6.10 Å². The Morgan fingerprint density at radius 1 is 0.842 bits per heavy atom. The summed E-state index contributed by atoms with van der Waals surface area (Å²) in [6, 6.07) is 0. The van der Waals surface area contributed by atoms with Gasteiger partial charge in [-0.25, -0.2) is 0 Å². The maximum Gasteiger partial charge on any atom is 0.303 e. The molecule has 2 aliphatic carbocycles. The number of aliphatic hydroxyl groups is 1. The van der Waals surface area contributed by atoms with Crippen molar-refractivity contribution < 1.29 is 48.0 Å². The molecule has 214 valence electrons. The molecule has 9 atom stereocenters. The Bertz CT molecular complexity index is 1020. The van der Waals surface area contributed by atoms with Gasteiger partial charge in [0.05, 0.1) is 5.60 Å². The van der Waals surface area contributed by atoms with Gasteiger partial charge < -0.3 is 28.8 Å². The second-order valence-corrected chi connectivity index (χ2v) is 12.3. The number of esters is 4. The fourth-order valence-corrected chi connectivity index (χ4v) is 7.84. The van der Waals surface area contributed by atoms with Crippen LogP contribution in [-0.4, -0.2) is 70.2 Å². The predicted octanol–water partition coefficient (Wildman–Crippen LogP) is 3.02. The van der Waals surface area contributed by atoms with E-state index in [2.05, 4.69) is 6.58 Å². The van der Waals surface area contributed by atoms with Gasteiger partial charge in [-0.1, -0.05) is 26.8 Å². The van der Waals surface area contributed by atoms with Crippen molar-refractivity contribution in [1.29, 1.82) is 0 Å². The zero-order chi connectivity index (χ0) is 29.1. The lowest BCUT2D eigenvalue weighted by atomic mass is 9.39. The third-order valence-electron chi connectivity index (χ3n) is 9.10. The molecule has 1 saturated heterocycles. The number of rotatable bonds is 5. The average Bonchev–Trinajstić information content (AvgIpc) is 2.75. The molecule has 0 aromatic heterocycles. The Morgan fingerprint density at radius 2 is 1.34 bits per heavy atom. The molecule has 10 nitrogen and oxygen atoms in total. The second-order valence-electron chi connectivity index (χ2n) is 12.3. The largest absolute Gasteiger partial charge is 0.462 e. The summed E-state index contributed by atoms with van der Waals surface area (Å²) in [6.45, 7) is 17.8. The first-order valence-corrected chi connectivity index (χ1v) is 13.0. The minimum absolute atomic E-state index is 0.0305. The number of carbonyl (C=O) groups excluding carboxylic acids is 4. The van der Waals surface area contributed by atoms with Crippen LogP contribution >= 0.6 is 0 Å². The van der Waals surface area contributed by atoms with Crippen molar-refractivity contribution in [2.75, 3.05) is 0 Å². The second kappa shape index (κ2) is 9.62. The Balaban J connectivity index is 2.47. The van der Waals surface area contributed by atoms with Crippen LogP contribution in [0.1, 0.15) is 81.6 Å². The molecular formula is C28H42O10. The van der Waals surface area contributed by atoms with Gasteiger partial charge in [0.25, 0.3) is 0 Å². The molecule has 3 aliphatic rings. The summed E-state index contributed by atoms with van der Waals surface area (Å²) in [5, 5.41) is 13.1. The summed E-state index contributed by atoms with van der Waals surface area (Å²) in [7, 11) is 0. The fraction of sp³-hybridized carbons (Fsp3) is 0.786. The Labute approximate surface area is 224 Å². The minimum atomic E-state index is -2.08. The predicted molar refractivity (Wildman–Crippen MR) is 134 cm³/mol. The zero-order valence-corrected chi connectivity index (χ0v) is 23.9. The van der Waals surface area contributed by atoms with E-state index in [1.54, 1.807) is 20.8 Å². The van der Waals surface area contributed by atoms with Crippen LogP contribution < -0.4 is 0 Å². The average molecular weight is 539 g/mol. The third kappa shape index (κ3) is 4.43. The highest BCUT2D eigenvalue weighted by Crippen LogP contribution is 2.69. The minimum Gasteiger partial charge on any atom is -0.462 e. The van der Waals surface area contributed by atoms with Gasteiger partial charge in [0, 0.05) is 45.4 Å². The number of hydrogen-bond acceptors (Lipinski definition) is 10. The van der Waals surface area contributed by atoms with E-state index in [1.165, 1.54) is 33.8 Å². The van der Waals surface area contributed by atoms with Crippen molar-refractivity contribution in [3.63, 3.8) is 0 Å². The normalized spacial score (nSPS) is 43.5. The molecule has 10 heteroatoms. The van der Waals surface area contributed by atoms with Crippen molar-refractivity contribution in [1.82, 2.24) is 0 Å². The zero-order valence-electron chi connectivity index (χ0n) is 23.9. The first-order chi connectivity index (χ1) is 17.3. The maximum atomic E-state index is 13.1. The van der Waals surface area contributed by atoms with E-state index in [9.17, 15) is 24.3 Å². The summed E-state index contributed by atoms with van der Waals surface area (Å²) in [6.07, 6.45) is -1.96. The van der Waals surface area contributed by atoms with Crippen molar-refractivity contribution in [3.05, 3.63) is 12.7 Å². The molecule has 3 rings (SSSR count). The van der Waals surface area contributed by atoms with E-state index in [1.807, 2.05) is 13.8 Å². The molecule has 1 heterocycles. The smallest absolute Gasteiger partial charge is 0.303 e. The van der Waals surface area contributed by atoms with Gasteiger partial charge in [-0.15, -0.1) is 6.58 Å². The highest BCUT2D eigenvalue weighted by molar-refractivity contribution is 5.69. The van der Waals surface area contributed by atoms with E-state index in [-0.39, 0.29) is 6.42 Å². The highest BCUT2D eigenvalue weighted by atomic mass is 16.6. The van der Waals surface area contributed by atoms with Crippen molar-refractivity contribution >= 4 is 23.9 Å². The molecule has 38 heavy (non-hydrogen) atoms. The number of fused-ring (bicyclic) bond motifs is 3. The molecule has 0 radical (unpaired) electrons. The summed E-state index contributed by atoms with van der Waals surface area (Å²) >= 11 is 0. The van der Waals surface area contributed by atoms with Crippen LogP contribution in [0.2, 0.25) is 0 Å². The van der Waals surface area contributed by atoms with Crippen molar-refractivity contribution in [3.8, 4) is 0 Å². The molecule has 0 aromatic rings. The van der Waals surface area contributed by atoms with Crippen LogP contribution in [-0.2, 0) is 42.9 Å². The summed E-state index contributed by atoms with van der Waals surface area (Å²) in [4.78, 5) is 49.7. The van der Waals surface area contributed by atoms with Gasteiger partial charge in [-0.2, -0.15) is 0 Å². The maximum absolute atomic E-state index is 13.1. The number of carbonyl (C=O) groups is 4. The fourth-order valence-electron chi connectivity index (χ4n) is 7.84. The molecular weight excluding hydrogens is 496 g/mol. The lowest BCUT2D eigenvalue weighted by Crippen LogP contribution is -2.88. The van der Waals surface area contributed by atoms with E-state index in [4.69, 9.17) is 23.7 Å². The quantitative estimate of drug-likeness (QED) is 0.316. The Morgan fingerprint density at radius 3 is 1.82 bits per heavy atom. The topological polar surface area (TPSA) is 135 Å². The van der Waals surface area contributed by atoms with Gasteiger partial charge in [0.1, 0.15) is 29.5 Å². The third-order valence-corrected chi connectivity index (χ3v) is 9.10. The van der Waals surface area contributed by atoms with Crippen LogP contribution in [0, 0.1) is 16.7 Å². The highest BCUT2D eigenvalue weighted by Gasteiger charge is 2.83. The summed E-state index contributed by atoms with van der Waals surface area (Å²) < 4.78 is 30.1. The van der Waals surface area contributed by atoms with Crippen LogP contribution in [0.15, 0.2) is 12.7 Å². The van der Waals surface area contributed by atoms with E-state index in [0.29, 0.717) is 12.8 Å². The molecule has 1 N–H and O–H groups in total. The molecule has 1 aliphatic heterocycles. The van der Waals surface area contributed by atoms with Crippen LogP contribution in [0.5, 0.6) is 0 Å². The van der Waals surface area contributed by atoms with Crippen molar-refractivity contribution in [2.24, 2.45) is 16.7 Å². The van der Waals surface area contributed by atoms with Crippen LogP contribution in [0.4, 0.5) is 0 Å². The van der Waals surface area contributed by atoms with Gasteiger partial charge in [-0.05, 0) is 32.1 Å². The number of ether oxygens (including phenoxy) is 5. The molecule has 3 fully saturated rings. The molecule has 2 saturated carbocycles. The summed E-state index contributed by atoms with van der Waals surface area (Å²) in [5.74, 6) is -3.20. The molecule has 0 amide bonds. The number of hydrogen-bond donors (Lipinski definition) is 1. The first kappa shape index (κ1) is 30.1. The SMILES string of the molecule is C=C[C@@]1(C)C[C@@H](OC(C)=O)[C@]2(O)[C@@]3(C)[C@@H](OC(C)=O)CCC(C)(C)[C@@H]3[C@H](OC(C)=O)[C@H](OC(C)=O)[C@@]2(C)O1. The van der Waals surface area contributed by atoms with Gasteiger partial charge in [-0.3, -0.25) is 19.2 Å². The van der Waals surface area contributed by atoms with Crippen molar-refractivity contribution in [2.45, 2.75) is 123 Å². The lowest BCUT2D eigenvalue weighted by molar-refractivity contribution is -0.412. The van der Waals surface area contributed by atoms with Gasteiger partial charge >= 0.3 is 23.9 Å². The molecule has 0 aromatic carbocycles. The van der Waals surface area contributed by atoms with E-state index < -0.39 is 81.8 Å². The van der Waals surface area contributed by atoms with Gasteiger partial charge in [0.2, 0.25) is 0 Å². The van der Waals surface area contributed by atoms with Crippen LogP contribution in [0.3, 0.4) is 0 Å². The molecule has 0 spiro atoms. The Kier molecular flexibility index (Phi) is 7.62. The molecule has 0 unspecified atom stereocenters. The van der Waals surface area contributed by atoms with E-state index in [0.717, 1.165) is 0 Å². The van der Waals surface area contributed by atoms with E-state index >= 15 is 0 Å². The standard InChI is InChI=1S/C28H42O10/c1-11-25(8)14-20(35-16(3)30)28(33)26(9)19(34-15(2)29)12-13-24(6,7)22(26)21(36-17(4)31)23(37-18(5)32)27(28,10)38-25/h11,19-23,33H,1,12-14H2,2-10H3/t19-,20+,21-,22-,23-,25-,26-,27+,28-/m0/s1. The summed E-state index contributed by atoms with van der Waals surface area (Å²) in [5.41, 5.74) is -7.02. The lowest BCUT2D eigenvalue weighted by Gasteiger charge is -2.73.